The Kier molecular flexibility index (Phi) is 7.04. The summed E-state index contributed by atoms with van der Waals surface area (Å²) in [6.45, 7) is 2.31. The lowest BCUT2D eigenvalue weighted by Gasteiger charge is -2.26. The van der Waals surface area contributed by atoms with Gasteiger partial charge in [-0.3, -0.25) is 4.79 Å². The molecule has 2 aliphatic rings. The van der Waals surface area contributed by atoms with E-state index in [1.165, 1.54) is 12.8 Å². The van der Waals surface area contributed by atoms with Gasteiger partial charge in [-0.15, -0.1) is 22.6 Å². The molecule has 28 heavy (non-hydrogen) atoms. The van der Waals surface area contributed by atoms with E-state index in [9.17, 15) is 4.79 Å². The van der Waals surface area contributed by atoms with Gasteiger partial charge in [0.15, 0.2) is 5.82 Å². The van der Waals surface area contributed by atoms with Gasteiger partial charge >= 0.3 is 0 Å². The smallest absolute Gasteiger partial charge is 0.241 e. The maximum absolute atomic E-state index is 12.6. The zero-order valence-corrected chi connectivity index (χ0v) is 16.8. The molecule has 1 fully saturated rings. The first-order valence-corrected chi connectivity index (χ1v) is 9.89. The molecule has 1 unspecified atom stereocenters. The molecule has 152 valence electrons. The third-order valence-electron chi connectivity index (χ3n) is 5.57. The maximum Gasteiger partial charge on any atom is 0.241 e. The fourth-order valence-electron chi connectivity index (χ4n) is 3.95. The Morgan fingerprint density at radius 1 is 1.21 bits per heavy atom. The summed E-state index contributed by atoms with van der Waals surface area (Å²) in [6, 6.07) is 7.27. The van der Waals surface area contributed by atoms with Gasteiger partial charge in [0.05, 0.1) is 6.04 Å². The number of nitrogens with one attached hydrogen (secondary N) is 1. The average Bonchev–Trinajstić information content (AvgIpc) is 2.96. The van der Waals surface area contributed by atoms with E-state index in [1.54, 1.807) is 0 Å². The number of rotatable bonds is 4. The zero-order valence-electron chi connectivity index (χ0n) is 16.0. The Morgan fingerprint density at radius 3 is 2.86 bits per heavy atom. The minimum Gasteiger partial charge on any atom is -0.381 e. The predicted molar refractivity (Wildman–Crippen MR) is 110 cm³/mol. The molecule has 2 aliphatic heterocycles. The number of nitrogens with two attached hydrogens (primary N) is 1. The summed E-state index contributed by atoms with van der Waals surface area (Å²) < 4.78 is 7.57. The normalized spacial score (nSPS) is 18.5. The van der Waals surface area contributed by atoms with Crippen LogP contribution < -0.4 is 11.1 Å². The largest absolute Gasteiger partial charge is 0.381 e. The fourth-order valence-corrected chi connectivity index (χ4v) is 3.95. The number of hydrogen-bond acceptors (Lipinski definition) is 5. The van der Waals surface area contributed by atoms with Gasteiger partial charge in [-0.25, -0.2) is 0 Å². The van der Waals surface area contributed by atoms with Crippen molar-refractivity contribution in [3.05, 3.63) is 30.1 Å². The summed E-state index contributed by atoms with van der Waals surface area (Å²) in [5, 5.41) is 11.7. The van der Waals surface area contributed by atoms with Gasteiger partial charge < -0.3 is 20.4 Å². The molecule has 2 aromatic rings. The van der Waals surface area contributed by atoms with Crippen LogP contribution in [0.2, 0.25) is 0 Å². The fraction of sp³-hybridized carbons (Fsp3) is 0.550. The van der Waals surface area contributed by atoms with Crippen LogP contribution in [-0.4, -0.2) is 39.9 Å². The Bertz CT molecular complexity index is 804. The summed E-state index contributed by atoms with van der Waals surface area (Å²) in [6.07, 6.45) is 6.18. The highest BCUT2D eigenvalue weighted by Gasteiger charge is 2.26. The number of aromatic nitrogens is 3. The SMILES string of the molecule is Cl.NC(C(=O)Nc1cccc(-c2nnc3n2CCCCC3)c1)C1CCOCC1. The van der Waals surface area contributed by atoms with Crippen LogP contribution in [0.1, 0.15) is 37.9 Å². The van der Waals surface area contributed by atoms with E-state index in [0.717, 1.165) is 55.1 Å². The van der Waals surface area contributed by atoms with Crippen LogP contribution in [-0.2, 0) is 22.5 Å². The lowest BCUT2D eigenvalue weighted by molar-refractivity contribution is -0.119. The summed E-state index contributed by atoms with van der Waals surface area (Å²) in [7, 11) is 0. The number of carbonyl (C=O) groups is 1. The Morgan fingerprint density at radius 2 is 2.04 bits per heavy atom. The molecule has 3 N–H and O–H groups in total. The molecule has 8 heteroatoms. The number of anilines is 1. The number of carbonyl (C=O) groups excluding carboxylic acids is 1. The molecule has 0 saturated carbocycles. The molecule has 1 aromatic heterocycles. The summed E-state index contributed by atoms with van der Waals surface area (Å²) >= 11 is 0. The van der Waals surface area contributed by atoms with E-state index < -0.39 is 6.04 Å². The lowest BCUT2D eigenvalue weighted by atomic mass is 9.92. The van der Waals surface area contributed by atoms with Gasteiger partial charge in [0.1, 0.15) is 5.82 Å². The van der Waals surface area contributed by atoms with Crippen LogP contribution in [0, 0.1) is 5.92 Å². The molecule has 1 saturated heterocycles. The number of hydrogen-bond donors (Lipinski definition) is 2. The van der Waals surface area contributed by atoms with E-state index in [1.807, 2.05) is 24.3 Å². The number of ether oxygens (including phenoxy) is 1. The van der Waals surface area contributed by atoms with Crippen molar-refractivity contribution in [3.8, 4) is 11.4 Å². The van der Waals surface area contributed by atoms with Crippen LogP contribution in [0.25, 0.3) is 11.4 Å². The van der Waals surface area contributed by atoms with Gasteiger partial charge in [0, 0.05) is 37.4 Å². The lowest BCUT2D eigenvalue weighted by Crippen LogP contribution is -2.44. The molecule has 0 aliphatic carbocycles. The number of fused-ring (bicyclic) bond motifs is 1. The Hall–Kier alpha value is -1.96. The van der Waals surface area contributed by atoms with E-state index >= 15 is 0 Å². The van der Waals surface area contributed by atoms with Gasteiger partial charge in [0.25, 0.3) is 0 Å². The van der Waals surface area contributed by atoms with Crippen molar-refractivity contribution >= 4 is 24.0 Å². The van der Waals surface area contributed by atoms with E-state index in [-0.39, 0.29) is 24.2 Å². The summed E-state index contributed by atoms with van der Waals surface area (Å²) in [4.78, 5) is 12.6. The predicted octanol–water partition coefficient (Wildman–Crippen LogP) is 2.79. The molecular weight excluding hydrogens is 378 g/mol. The van der Waals surface area contributed by atoms with Crippen molar-refractivity contribution in [2.45, 2.75) is 51.1 Å². The third kappa shape index (κ3) is 4.54. The molecule has 0 spiro atoms. The molecule has 4 rings (SSSR count). The molecule has 7 nitrogen and oxygen atoms in total. The second kappa shape index (κ2) is 9.49. The van der Waals surface area contributed by atoms with Crippen molar-refractivity contribution < 1.29 is 9.53 Å². The highest BCUT2D eigenvalue weighted by molar-refractivity contribution is 5.95. The van der Waals surface area contributed by atoms with Gasteiger partial charge in [0.2, 0.25) is 5.91 Å². The summed E-state index contributed by atoms with van der Waals surface area (Å²) in [5.74, 6) is 1.96. The number of benzene rings is 1. The molecule has 1 aromatic carbocycles. The summed E-state index contributed by atoms with van der Waals surface area (Å²) in [5.41, 5.74) is 7.89. The number of amides is 1. The van der Waals surface area contributed by atoms with E-state index in [0.29, 0.717) is 13.2 Å². The van der Waals surface area contributed by atoms with Crippen LogP contribution in [0.15, 0.2) is 24.3 Å². The Balaban J connectivity index is 0.00000225. The maximum atomic E-state index is 12.6. The van der Waals surface area contributed by atoms with Crippen molar-refractivity contribution in [2.75, 3.05) is 18.5 Å². The zero-order chi connectivity index (χ0) is 18.6. The molecule has 0 radical (unpaired) electrons. The van der Waals surface area contributed by atoms with Crippen LogP contribution in [0.5, 0.6) is 0 Å². The highest BCUT2D eigenvalue weighted by Crippen LogP contribution is 2.25. The van der Waals surface area contributed by atoms with Crippen LogP contribution in [0.4, 0.5) is 5.69 Å². The monoisotopic (exact) mass is 405 g/mol. The molecule has 0 bridgehead atoms. The minimum absolute atomic E-state index is 0. The van der Waals surface area contributed by atoms with Crippen molar-refractivity contribution in [2.24, 2.45) is 11.7 Å². The van der Waals surface area contributed by atoms with E-state index in [4.69, 9.17) is 10.5 Å². The number of aryl methyl sites for hydroxylation is 1. The van der Waals surface area contributed by atoms with Gasteiger partial charge in [-0.1, -0.05) is 18.6 Å². The molecule has 1 amide bonds. The number of nitrogens with zero attached hydrogens (tertiary/aromatic N) is 3. The first kappa shape index (κ1) is 20.8. The highest BCUT2D eigenvalue weighted by atomic mass is 35.5. The van der Waals surface area contributed by atoms with Crippen molar-refractivity contribution in [3.63, 3.8) is 0 Å². The minimum atomic E-state index is -0.512. The van der Waals surface area contributed by atoms with Gasteiger partial charge in [-0.05, 0) is 43.7 Å². The third-order valence-corrected chi connectivity index (χ3v) is 5.57. The van der Waals surface area contributed by atoms with Crippen LogP contribution >= 0.6 is 12.4 Å². The standard InChI is InChI=1S/C20H27N5O2.ClH/c21-18(14-8-11-27-12-9-14)20(26)22-16-6-4-5-15(13-16)19-24-23-17-7-2-1-3-10-25(17)19;/h4-6,13-14,18H,1-3,7-12,21H2,(H,22,26);1H. The van der Waals surface area contributed by atoms with E-state index in [2.05, 4.69) is 20.1 Å². The molecule has 3 heterocycles. The first-order chi connectivity index (χ1) is 13.2. The topological polar surface area (TPSA) is 95.1 Å². The quantitative estimate of drug-likeness (QED) is 0.815. The van der Waals surface area contributed by atoms with Crippen molar-refractivity contribution in [1.29, 1.82) is 0 Å². The molecular formula is C20H28ClN5O2. The first-order valence-electron chi connectivity index (χ1n) is 9.89. The number of halogens is 1. The van der Waals surface area contributed by atoms with Gasteiger partial charge in [-0.2, -0.15) is 0 Å². The Labute approximate surface area is 171 Å². The average molecular weight is 406 g/mol. The van der Waals surface area contributed by atoms with Crippen LogP contribution in [0.3, 0.4) is 0 Å². The molecule has 1 atom stereocenters. The second-order valence-electron chi connectivity index (χ2n) is 7.45. The van der Waals surface area contributed by atoms with Crippen molar-refractivity contribution in [1.82, 2.24) is 14.8 Å². The second-order valence-corrected chi connectivity index (χ2v) is 7.45.